The molecular weight excluding hydrogens is 328 g/mol. The van der Waals surface area contributed by atoms with E-state index in [1.54, 1.807) is 31.4 Å². The molecular formula is C21H20N2O3. The number of carbonyl (C=O) groups excluding carboxylic acids is 2. The zero-order chi connectivity index (χ0) is 18.1. The number of ether oxygens (including phenoxy) is 1. The molecule has 5 heteroatoms. The molecule has 2 aliphatic heterocycles. The Morgan fingerprint density at radius 1 is 1.19 bits per heavy atom. The summed E-state index contributed by atoms with van der Waals surface area (Å²) in [7, 11) is 1.58. The molecule has 1 atom stereocenters. The van der Waals surface area contributed by atoms with Gasteiger partial charge in [0.05, 0.1) is 26.1 Å². The van der Waals surface area contributed by atoms with E-state index < -0.39 is 0 Å². The van der Waals surface area contributed by atoms with Crippen LogP contribution in [0.25, 0.3) is 0 Å². The van der Waals surface area contributed by atoms with Crippen LogP contribution in [0.15, 0.2) is 53.5 Å². The number of rotatable bonds is 4. The highest BCUT2D eigenvalue weighted by molar-refractivity contribution is 6.43. The van der Waals surface area contributed by atoms with Crippen LogP contribution in [0.2, 0.25) is 0 Å². The normalized spacial score (nSPS) is 18.7. The number of carbonyl (C=O) groups is 2. The van der Waals surface area contributed by atoms with Crippen molar-refractivity contribution in [2.75, 3.05) is 20.2 Å². The van der Waals surface area contributed by atoms with Crippen molar-refractivity contribution >= 4 is 17.4 Å². The maximum atomic E-state index is 12.9. The maximum Gasteiger partial charge on any atom is 0.268 e. The van der Waals surface area contributed by atoms with Gasteiger partial charge in [0, 0.05) is 12.1 Å². The fourth-order valence-electron chi connectivity index (χ4n) is 3.68. The highest BCUT2D eigenvalue weighted by atomic mass is 16.5. The Kier molecular flexibility index (Phi) is 4.29. The molecule has 5 nitrogen and oxygen atoms in total. The number of hydrogen-bond acceptors (Lipinski definition) is 4. The molecule has 0 N–H and O–H groups in total. The first kappa shape index (κ1) is 16.5. The van der Waals surface area contributed by atoms with E-state index in [0.717, 1.165) is 6.42 Å². The van der Waals surface area contributed by atoms with Crippen LogP contribution in [0.1, 0.15) is 33.9 Å². The molecule has 0 aliphatic carbocycles. The molecule has 2 aromatic rings. The lowest BCUT2D eigenvalue weighted by Gasteiger charge is -2.39. The van der Waals surface area contributed by atoms with Gasteiger partial charge in [-0.3, -0.25) is 14.6 Å². The lowest BCUT2D eigenvalue weighted by atomic mass is 9.90. The Hall–Kier alpha value is -2.95. The van der Waals surface area contributed by atoms with Crippen molar-refractivity contribution in [2.24, 2.45) is 4.99 Å². The average Bonchev–Trinajstić information content (AvgIpc) is 2.69. The molecule has 132 valence electrons. The largest absolute Gasteiger partial charge is 0.497 e. The quantitative estimate of drug-likeness (QED) is 0.799. The van der Waals surface area contributed by atoms with Crippen molar-refractivity contribution in [3.8, 4) is 5.75 Å². The molecule has 0 saturated carbocycles. The number of ketones is 1. The van der Waals surface area contributed by atoms with Crippen LogP contribution in [0.3, 0.4) is 0 Å². The van der Waals surface area contributed by atoms with Gasteiger partial charge in [0.25, 0.3) is 5.91 Å². The van der Waals surface area contributed by atoms with E-state index in [1.807, 2.05) is 17.0 Å². The molecule has 2 aliphatic rings. The minimum Gasteiger partial charge on any atom is -0.497 e. The molecule has 1 amide bonds. The predicted molar refractivity (Wildman–Crippen MR) is 98.8 cm³/mol. The Labute approximate surface area is 152 Å². The Balaban J connectivity index is 1.53. The van der Waals surface area contributed by atoms with Crippen LogP contribution >= 0.6 is 0 Å². The van der Waals surface area contributed by atoms with E-state index in [2.05, 4.69) is 17.1 Å². The van der Waals surface area contributed by atoms with Crippen molar-refractivity contribution in [2.45, 2.75) is 18.9 Å². The fourth-order valence-corrected chi connectivity index (χ4v) is 3.68. The van der Waals surface area contributed by atoms with E-state index >= 15 is 0 Å². The number of benzene rings is 2. The summed E-state index contributed by atoms with van der Waals surface area (Å²) in [6, 6.07) is 15.1. The lowest BCUT2D eigenvalue weighted by molar-refractivity contribution is -0.127. The van der Waals surface area contributed by atoms with Gasteiger partial charge in [0.15, 0.2) is 5.78 Å². The molecule has 0 fully saturated rings. The summed E-state index contributed by atoms with van der Waals surface area (Å²) in [5, 5.41) is 0. The second-order valence-electron chi connectivity index (χ2n) is 6.58. The van der Waals surface area contributed by atoms with Gasteiger partial charge in [-0.15, -0.1) is 0 Å². The molecule has 0 saturated heterocycles. The molecule has 0 aromatic heterocycles. The summed E-state index contributed by atoms with van der Waals surface area (Å²) in [6.45, 7) is 1.20. The van der Waals surface area contributed by atoms with Crippen molar-refractivity contribution in [3.63, 3.8) is 0 Å². The number of hydrogen-bond donors (Lipinski definition) is 0. The minimum absolute atomic E-state index is 0.00714. The molecule has 26 heavy (non-hydrogen) atoms. The van der Waals surface area contributed by atoms with E-state index in [4.69, 9.17) is 4.74 Å². The highest BCUT2D eigenvalue weighted by Crippen LogP contribution is 2.32. The summed E-state index contributed by atoms with van der Waals surface area (Å²) >= 11 is 0. The van der Waals surface area contributed by atoms with Gasteiger partial charge in [-0.2, -0.15) is 0 Å². The number of aliphatic imine (C=N–C) groups is 1. The lowest BCUT2D eigenvalue weighted by Crippen LogP contribution is -2.48. The summed E-state index contributed by atoms with van der Waals surface area (Å²) in [5.74, 6) is 0.482. The molecule has 0 radical (unpaired) electrons. The van der Waals surface area contributed by atoms with Crippen LogP contribution in [-0.2, 0) is 11.2 Å². The smallest absolute Gasteiger partial charge is 0.268 e. The van der Waals surface area contributed by atoms with Gasteiger partial charge in [0.1, 0.15) is 11.5 Å². The molecule has 0 bridgehead atoms. The van der Waals surface area contributed by atoms with Crippen molar-refractivity contribution in [1.29, 1.82) is 0 Å². The second kappa shape index (κ2) is 6.75. The summed E-state index contributed by atoms with van der Waals surface area (Å²) in [4.78, 5) is 31.7. The van der Waals surface area contributed by atoms with E-state index in [1.165, 1.54) is 11.1 Å². The summed E-state index contributed by atoms with van der Waals surface area (Å²) in [6.07, 6.45) is 0.883. The number of amides is 1. The van der Waals surface area contributed by atoms with Crippen molar-refractivity contribution < 1.29 is 14.3 Å². The van der Waals surface area contributed by atoms with E-state index in [-0.39, 0.29) is 24.2 Å². The second-order valence-corrected chi connectivity index (χ2v) is 6.58. The average molecular weight is 348 g/mol. The van der Waals surface area contributed by atoms with Gasteiger partial charge >= 0.3 is 0 Å². The van der Waals surface area contributed by atoms with Gasteiger partial charge in [-0.25, -0.2) is 0 Å². The van der Waals surface area contributed by atoms with Crippen LogP contribution < -0.4 is 4.74 Å². The Morgan fingerprint density at radius 3 is 2.73 bits per heavy atom. The first-order chi connectivity index (χ1) is 12.7. The topological polar surface area (TPSA) is 59.0 Å². The standard InChI is InChI=1S/C21H20N2O3/c1-26-16-8-6-15(7-9-16)20(24)12-18-21(25)23-11-10-14-4-2-3-5-17(14)19(23)13-22-18/h2-9,19H,10-13H2,1H3. The SMILES string of the molecule is COc1ccc(C(=O)CC2=NCC3c4ccccc4CCN3C2=O)cc1. The number of fused-ring (bicyclic) bond motifs is 3. The third-order valence-corrected chi connectivity index (χ3v) is 5.12. The monoisotopic (exact) mass is 348 g/mol. The minimum atomic E-state index is -0.113. The van der Waals surface area contributed by atoms with Gasteiger partial charge in [-0.1, -0.05) is 24.3 Å². The van der Waals surface area contributed by atoms with Crippen LogP contribution in [0.4, 0.5) is 0 Å². The number of Topliss-reactive ketones (excluding diaryl/α,β-unsaturated/α-hetero) is 1. The third kappa shape index (κ3) is 2.90. The first-order valence-corrected chi connectivity index (χ1v) is 8.76. The van der Waals surface area contributed by atoms with E-state index in [0.29, 0.717) is 30.1 Å². The fraction of sp³-hybridized carbons (Fsp3) is 0.286. The molecule has 4 rings (SSSR count). The number of nitrogens with zero attached hydrogens (tertiary/aromatic N) is 2. The Morgan fingerprint density at radius 2 is 1.96 bits per heavy atom. The van der Waals surface area contributed by atoms with E-state index in [9.17, 15) is 9.59 Å². The highest BCUT2D eigenvalue weighted by Gasteiger charge is 2.36. The molecule has 2 heterocycles. The van der Waals surface area contributed by atoms with Crippen molar-refractivity contribution in [3.05, 3.63) is 65.2 Å². The van der Waals surface area contributed by atoms with Gasteiger partial charge in [-0.05, 0) is 41.8 Å². The predicted octanol–water partition coefficient (Wildman–Crippen LogP) is 2.85. The third-order valence-electron chi connectivity index (χ3n) is 5.12. The van der Waals surface area contributed by atoms with Crippen LogP contribution in [0, 0.1) is 0 Å². The molecule has 1 unspecified atom stereocenters. The Bertz CT molecular complexity index is 886. The zero-order valence-electron chi connectivity index (χ0n) is 14.6. The maximum absolute atomic E-state index is 12.9. The molecule has 2 aromatic carbocycles. The van der Waals surface area contributed by atoms with Gasteiger partial charge in [0.2, 0.25) is 0 Å². The number of methoxy groups -OCH3 is 1. The summed E-state index contributed by atoms with van der Waals surface area (Å²) in [5.41, 5.74) is 3.39. The van der Waals surface area contributed by atoms with Crippen molar-refractivity contribution in [1.82, 2.24) is 4.90 Å². The van der Waals surface area contributed by atoms with Crippen LogP contribution in [-0.4, -0.2) is 42.5 Å². The van der Waals surface area contributed by atoms with Crippen LogP contribution in [0.5, 0.6) is 5.75 Å². The molecule has 0 spiro atoms. The van der Waals surface area contributed by atoms with Gasteiger partial charge < -0.3 is 9.64 Å². The first-order valence-electron chi connectivity index (χ1n) is 8.76. The summed E-state index contributed by atoms with van der Waals surface area (Å²) < 4.78 is 5.11. The zero-order valence-corrected chi connectivity index (χ0v) is 14.6.